The molecule has 10 heavy (non-hydrogen) atoms. The van der Waals surface area contributed by atoms with Crippen molar-refractivity contribution < 1.29 is 45.8 Å². The van der Waals surface area contributed by atoms with Gasteiger partial charge in [0.1, 0.15) is 6.61 Å². The Morgan fingerprint density at radius 3 is 2.20 bits per heavy atom. The number of halogens is 1. The molecular weight excluding hydrogens is 150 g/mol. The largest absolute Gasteiger partial charge is 1.00 e. The fourth-order valence-electron chi connectivity index (χ4n) is 0.303. The van der Waals surface area contributed by atoms with Crippen LogP contribution in [-0.4, -0.2) is 33.5 Å². The van der Waals surface area contributed by atoms with Crippen molar-refractivity contribution in [3.05, 3.63) is 0 Å². The van der Waals surface area contributed by atoms with Gasteiger partial charge in [-0.15, -0.1) is 0 Å². The Morgan fingerprint density at radius 1 is 1.20 bits per heavy atom. The molecule has 0 aromatic rings. The van der Waals surface area contributed by atoms with Gasteiger partial charge < -0.3 is 21.9 Å². The van der Waals surface area contributed by atoms with E-state index in [0.29, 0.717) is 19.8 Å². The standard InChI is InChI=1S/C5H11O3.ClH.Li/c1-7-4-5-8-3-2-6;;/h2-5H2,1H3;1H;/q;;+1/p-1. The van der Waals surface area contributed by atoms with Gasteiger partial charge >= 0.3 is 18.9 Å². The molecule has 0 atom stereocenters. The Labute approximate surface area is 79.7 Å². The molecule has 0 saturated heterocycles. The van der Waals surface area contributed by atoms with E-state index in [9.17, 15) is 5.11 Å². The third-order valence-electron chi connectivity index (χ3n) is 0.659. The van der Waals surface area contributed by atoms with Crippen molar-refractivity contribution in [2.75, 3.05) is 33.5 Å². The summed E-state index contributed by atoms with van der Waals surface area (Å²) in [5, 5.41) is 9.73. The molecule has 0 aliphatic rings. The van der Waals surface area contributed by atoms with Gasteiger partial charge in [0.2, 0.25) is 0 Å². The normalized spacial score (nSPS) is 7.80. The molecule has 0 aromatic carbocycles. The predicted octanol–water partition coefficient (Wildman–Crippen LogP) is -5.91. The maximum Gasteiger partial charge on any atom is 1.00 e. The fraction of sp³-hybridized carbons (Fsp3) is 1.00. The molecular formula is C5H11ClLiO3. The topological polar surface area (TPSA) is 38.4 Å². The number of rotatable bonds is 5. The summed E-state index contributed by atoms with van der Waals surface area (Å²) >= 11 is 0. The molecule has 5 heteroatoms. The van der Waals surface area contributed by atoms with Gasteiger partial charge in [-0.05, 0) is 0 Å². The van der Waals surface area contributed by atoms with Crippen LogP contribution >= 0.6 is 0 Å². The first kappa shape index (κ1) is 17.0. The predicted molar refractivity (Wildman–Crippen MR) is 28.2 cm³/mol. The van der Waals surface area contributed by atoms with E-state index in [4.69, 9.17) is 4.74 Å². The Hall–Kier alpha value is 0.767. The van der Waals surface area contributed by atoms with E-state index in [-0.39, 0.29) is 37.9 Å². The SMILES string of the molecule is COCCOCC[O].[Cl-].[Li+]. The maximum absolute atomic E-state index is 9.73. The van der Waals surface area contributed by atoms with Crippen molar-refractivity contribution >= 4 is 0 Å². The second kappa shape index (κ2) is 16.4. The Bertz CT molecular complexity index is 41.9. The number of hydrogen-bond donors (Lipinski definition) is 0. The van der Waals surface area contributed by atoms with Crippen molar-refractivity contribution in [1.29, 1.82) is 0 Å². The van der Waals surface area contributed by atoms with E-state index < -0.39 is 0 Å². The number of hydrogen-bond acceptors (Lipinski definition) is 2. The first-order valence-corrected chi connectivity index (χ1v) is 2.56. The van der Waals surface area contributed by atoms with Gasteiger partial charge in [-0.3, -0.25) is 0 Å². The maximum atomic E-state index is 9.73. The van der Waals surface area contributed by atoms with Gasteiger partial charge in [0.25, 0.3) is 0 Å². The van der Waals surface area contributed by atoms with Crippen molar-refractivity contribution in [3.63, 3.8) is 0 Å². The zero-order valence-electron chi connectivity index (χ0n) is 6.43. The van der Waals surface area contributed by atoms with Crippen molar-refractivity contribution in [1.82, 2.24) is 0 Å². The third kappa shape index (κ3) is 15.9. The summed E-state index contributed by atoms with van der Waals surface area (Å²) in [5.74, 6) is 0. The third-order valence-corrected chi connectivity index (χ3v) is 0.659. The van der Waals surface area contributed by atoms with Crippen molar-refractivity contribution in [2.24, 2.45) is 0 Å². The molecule has 3 nitrogen and oxygen atoms in total. The molecule has 0 bridgehead atoms. The molecule has 0 rings (SSSR count). The minimum atomic E-state index is -0.163. The smallest absolute Gasteiger partial charge is 1.00 e. The van der Waals surface area contributed by atoms with Crippen molar-refractivity contribution in [3.8, 4) is 0 Å². The summed E-state index contributed by atoms with van der Waals surface area (Å²) in [6.07, 6.45) is 0. The Kier molecular flexibility index (Phi) is 27.9. The van der Waals surface area contributed by atoms with Crippen LogP contribution in [0.1, 0.15) is 0 Å². The fourth-order valence-corrected chi connectivity index (χ4v) is 0.303. The summed E-state index contributed by atoms with van der Waals surface area (Å²) in [6, 6.07) is 0. The van der Waals surface area contributed by atoms with E-state index in [2.05, 4.69) is 4.74 Å². The van der Waals surface area contributed by atoms with E-state index in [0.717, 1.165) is 0 Å². The molecule has 0 amide bonds. The molecule has 0 aliphatic heterocycles. The zero-order chi connectivity index (χ0) is 6.24. The van der Waals surface area contributed by atoms with Gasteiger partial charge in [0.05, 0.1) is 19.8 Å². The summed E-state index contributed by atoms with van der Waals surface area (Å²) in [4.78, 5) is 0. The van der Waals surface area contributed by atoms with E-state index in [1.807, 2.05) is 0 Å². The number of methoxy groups -OCH3 is 1. The minimum absolute atomic E-state index is 0. The van der Waals surface area contributed by atoms with Crippen LogP contribution in [0.2, 0.25) is 0 Å². The molecule has 0 fully saturated rings. The van der Waals surface area contributed by atoms with Crippen LogP contribution < -0.4 is 31.3 Å². The second-order valence-electron chi connectivity index (χ2n) is 1.31. The quantitative estimate of drug-likeness (QED) is 0.298. The van der Waals surface area contributed by atoms with Gasteiger partial charge in [-0.1, -0.05) is 0 Å². The van der Waals surface area contributed by atoms with Crippen LogP contribution in [0.3, 0.4) is 0 Å². The van der Waals surface area contributed by atoms with Crippen LogP contribution in [0.5, 0.6) is 0 Å². The summed E-state index contributed by atoms with van der Waals surface area (Å²) in [5.41, 5.74) is 0. The zero-order valence-corrected chi connectivity index (χ0v) is 7.19. The molecule has 0 aliphatic carbocycles. The molecule has 0 unspecified atom stereocenters. The van der Waals surface area contributed by atoms with Gasteiger partial charge in [0, 0.05) is 7.11 Å². The Morgan fingerprint density at radius 2 is 1.80 bits per heavy atom. The van der Waals surface area contributed by atoms with Gasteiger partial charge in [-0.25, -0.2) is 5.11 Å². The van der Waals surface area contributed by atoms with Crippen molar-refractivity contribution in [2.45, 2.75) is 0 Å². The summed E-state index contributed by atoms with van der Waals surface area (Å²) in [7, 11) is 1.60. The van der Waals surface area contributed by atoms with Crippen LogP contribution in [0, 0.1) is 0 Å². The number of ether oxygens (including phenoxy) is 2. The Balaban J connectivity index is -0.000000245. The molecule has 1 radical (unpaired) electrons. The van der Waals surface area contributed by atoms with E-state index in [1.54, 1.807) is 7.11 Å². The molecule has 57 valence electrons. The minimum Gasteiger partial charge on any atom is -1.00 e. The summed E-state index contributed by atoms with van der Waals surface area (Å²) < 4.78 is 9.45. The molecule has 0 spiro atoms. The second-order valence-corrected chi connectivity index (χ2v) is 1.31. The molecule has 0 N–H and O–H groups in total. The average molecular weight is 162 g/mol. The molecule has 0 aromatic heterocycles. The first-order valence-electron chi connectivity index (χ1n) is 2.56. The van der Waals surface area contributed by atoms with Gasteiger partial charge in [-0.2, -0.15) is 0 Å². The van der Waals surface area contributed by atoms with E-state index >= 15 is 0 Å². The van der Waals surface area contributed by atoms with Gasteiger partial charge in [0.15, 0.2) is 0 Å². The molecule has 0 heterocycles. The monoisotopic (exact) mass is 161 g/mol. The van der Waals surface area contributed by atoms with Crippen LogP contribution in [-0.2, 0) is 14.6 Å². The molecule has 0 saturated carbocycles. The van der Waals surface area contributed by atoms with Crippen LogP contribution in [0.4, 0.5) is 0 Å². The van der Waals surface area contributed by atoms with E-state index in [1.165, 1.54) is 0 Å². The summed E-state index contributed by atoms with van der Waals surface area (Å²) in [6.45, 7) is 1.23. The van der Waals surface area contributed by atoms with Crippen LogP contribution in [0.25, 0.3) is 0 Å². The van der Waals surface area contributed by atoms with Crippen LogP contribution in [0.15, 0.2) is 0 Å². The first-order chi connectivity index (χ1) is 3.91. The average Bonchev–Trinajstić information content (AvgIpc) is 1.81.